The molecule has 1 fully saturated rings. The summed E-state index contributed by atoms with van der Waals surface area (Å²) in [5, 5.41) is 17.0. The molecule has 5 rings (SSSR count). The molecule has 2 aliphatic rings. The minimum atomic E-state index is 0.0688. The summed E-state index contributed by atoms with van der Waals surface area (Å²) >= 11 is 0. The van der Waals surface area contributed by atoms with Gasteiger partial charge in [-0.1, -0.05) is 12.1 Å². The topological polar surface area (TPSA) is 129 Å². The predicted octanol–water partition coefficient (Wildman–Crippen LogP) is 2.59. The number of anilines is 2. The van der Waals surface area contributed by atoms with Crippen molar-refractivity contribution in [3.8, 4) is 23.1 Å². The van der Waals surface area contributed by atoms with Crippen LogP contribution in [0.25, 0.3) is 11.3 Å². The van der Waals surface area contributed by atoms with Gasteiger partial charge in [-0.05, 0) is 36.4 Å². The molecule has 10 heteroatoms. The van der Waals surface area contributed by atoms with Gasteiger partial charge in [-0.25, -0.2) is 15.5 Å². The summed E-state index contributed by atoms with van der Waals surface area (Å²) in [6.07, 6.45) is 3.40. The molecule has 2 aromatic carbocycles. The lowest BCUT2D eigenvalue weighted by Gasteiger charge is -2.23. The molecule has 1 aromatic heterocycles. The Morgan fingerprint density at radius 2 is 2.00 bits per heavy atom. The van der Waals surface area contributed by atoms with Crippen LogP contribution >= 0.6 is 0 Å². The number of hydrazine groups is 2. The molecule has 0 spiro atoms. The van der Waals surface area contributed by atoms with Crippen LogP contribution in [0.2, 0.25) is 0 Å². The molecule has 0 unspecified atom stereocenters. The highest BCUT2D eigenvalue weighted by Crippen LogP contribution is 2.28. The number of amidine groups is 1. The van der Waals surface area contributed by atoms with E-state index in [0.29, 0.717) is 42.0 Å². The molecule has 0 aliphatic carbocycles. The number of aromatic nitrogens is 2. The lowest BCUT2D eigenvalue weighted by Crippen LogP contribution is -2.35. The third-order valence-electron chi connectivity index (χ3n) is 5.31. The van der Waals surface area contributed by atoms with Gasteiger partial charge in [-0.3, -0.25) is 5.43 Å². The average Bonchev–Trinajstić information content (AvgIpc) is 3.41. The Hall–Kier alpha value is -4.20. The highest BCUT2D eigenvalue weighted by atomic mass is 16.5. The quantitative estimate of drug-likeness (QED) is 0.455. The van der Waals surface area contributed by atoms with Crippen LogP contribution in [-0.4, -0.2) is 35.1 Å². The molecule has 2 aliphatic heterocycles. The second kappa shape index (κ2) is 9.52. The van der Waals surface area contributed by atoms with Crippen molar-refractivity contribution < 1.29 is 9.47 Å². The van der Waals surface area contributed by atoms with Crippen LogP contribution in [0.3, 0.4) is 0 Å². The fourth-order valence-corrected chi connectivity index (χ4v) is 3.64. The Morgan fingerprint density at radius 1 is 1.09 bits per heavy atom. The second-order valence-corrected chi connectivity index (χ2v) is 7.55. The highest BCUT2D eigenvalue weighted by molar-refractivity contribution is 5.99. The van der Waals surface area contributed by atoms with Gasteiger partial charge in [0, 0.05) is 35.9 Å². The first-order chi connectivity index (χ1) is 16.3. The number of hydrogen-bond donors (Lipinski definition) is 4. The van der Waals surface area contributed by atoms with E-state index in [0.717, 1.165) is 29.7 Å². The Labute approximate surface area is 190 Å². The SMILES string of the molecule is N#Cc1cc(-c2ccnc(Nc3cccc(C4=NNNN4)c3)n2)ccc1OC1CCOCC1. The smallest absolute Gasteiger partial charge is 0.227 e. The molecule has 0 radical (unpaired) electrons. The number of benzene rings is 2. The third-order valence-corrected chi connectivity index (χ3v) is 5.31. The summed E-state index contributed by atoms with van der Waals surface area (Å²) in [5.41, 5.74) is 12.0. The third kappa shape index (κ3) is 4.85. The molecule has 0 saturated carbocycles. The Kier molecular flexibility index (Phi) is 5.97. The van der Waals surface area contributed by atoms with E-state index in [1.54, 1.807) is 12.3 Å². The van der Waals surface area contributed by atoms with E-state index in [4.69, 9.17) is 9.47 Å². The van der Waals surface area contributed by atoms with Crippen molar-refractivity contribution in [3.05, 3.63) is 65.9 Å². The van der Waals surface area contributed by atoms with E-state index < -0.39 is 0 Å². The molecule has 10 nitrogen and oxygen atoms in total. The summed E-state index contributed by atoms with van der Waals surface area (Å²) in [5.74, 6) is 1.72. The molecule has 3 heterocycles. The molecular weight excluding hydrogens is 420 g/mol. The van der Waals surface area contributed by atoms with Crippen LogP contribution in [0.1, 0.15) is 24.0 Å². The van der Waals surface area contributed by atoms with E-state index >= 15 is 0 Å². The summed E-state index contributed by atoms with van der Waals surface area (Å²) in [4.78, 5) is 8.96. The maximum absolute atomic E-state index is 9.66. The van der Waals surface area contributed by atoms with Crippen molar-refractivity contribution in [2.45, 2.75) is 18.9 Å². The molecular formula is C23H22N8O2. The van der Waals surface area contributed by atoms with Crippen LogP contribution in [0.5, 0.6) is 5.75 Å². The number of ether oxygens (including phenoxy) is 2. The molecule has 33 heavy (non-hydrogen) atoms. The lowest BCUT2D eigenvalue weighted by molar-refractivity contribution is 0.0254. The number of hydrazone groups is 1. The average molecular weight is 442 g/mol. The minimum Gasteiger partial charge on any atom is -0.489 e. The normalized spacial score (nSPS) is 15.7. The first kappa shape index (κ1) is 20.7. The van der Waals surface area contributed by atoms with E-state index in [1.807, 2.05) is 42.5 Å². The zero-order chi connectivity index (χ0) is 22.5. The van der Waals surface area contributed by atoms with Gasteiger partial charge in [0.2, 0.25) is 5.95 Å². The van der Waals surface area contributed by atoms with Gasteiger partial charge < -0.3 is 14.8 Å². The maximum atomic E-state index is 9.66. The number of nitrogens with one attached hydrogen (secondary N) is 4. The number of nitrogens with zero attached hydrogens (tertiary/aromatic N) is 4. The van der Waals surface area contributed by atoms with Gasteiger partial charge in [-0.2, -0.15) is 5.26 Å². The molecule has 166 valence electrons. The highest BCUT2D eigenvalue weighted by Gasteiger charge is 2.17. The monoisotopic (exact) mass is 442 g/mol. The van der Waals surface area contributed by atoms with Gasteiger partial charge >= 0.3 is 0 Å². The van der Waals surface area contributed by atoms with Crippen molar-refractivity contribution in [2.75, 3.05) is 18.5 Å². The van der Waals surface area contributed by atoms with Gasteiger partial charge in [0.15, 0.2) is 5.84 Å². The van der Waals surface area contributed by atoms with E-state index in [9.17, 15) is 5.26 Å². The Bertz CT molecular complexity index is 1220. The van der Waals surface area contributed by atoms with Crippen molar-refractivity contribution in [1.82, 2.24) is 26.5 Å². The molecule has 4 N–H and O–H groups in total. The van der Waals surface area contributed by atoms with Crippen molar-refractivity contribution in [2.24, 2.45) is 5.10 Å². The Balaban J connectivity index is 1.34. The Morgan fingerprint density at radius 3 is 2.82 bits per heavy atom. The van der Waals surface area contributed by atoms with E-state index in [-0.39, 0.29) is 6.10 Å². The van der Waals surface area contributed by atoms with Gasteiger partial charge in [0.25, 0.3) is 0 Å². The van der Waals surface area contributed by atoms with E-state index in [2.05, 4.69) is 43.0 Å². The first-order valence-electron chi connectivity index (χ1n) is 10.6. The van der Waals surface area contributed by atoms with Crippen LogP contribution in [0, 0.1) is 11.3 Å². The van der Waals surface area contributed by atoms with Crippen molar-refractivity contribution in [1.29, 1.82) is 5.26 Å². The fourth-order valence-electron chi connectivity index (χ4n) is 3.64. The fraction of sp³-hybridized carbons (Fsp3) is 0.217. The molecule has 0 bridgehead atoms. The molecule has 1 saturated heterocycles. The molecule has 3 aromatic rings. The largest absolute Gasteiger partial charge is 0.489 e. The maximum Gasteiger partial charge on any atom is 0.227 e. The predicted molar refractivity (Wildman–Crippen MR) is 122 cm³/mol. The van der Waals surface area contributed by atoms with Crippen molar-refractivity contribution >= 4 is 17.5 Å². The molecule has 0 amide bonds. The van der Waals surface area contributed by atoms with E-state index in [1.165, 1.54) is 0 Å². The number of nitriles is 1. The molecule has 0 atom stereocenters. The summed E-state index contributed by atoms with van der Waals surface area (Å²) in [6.45, 7) is 1.37. The van der Waals surface area contributed by atoms with Crippen LogP contribution in [-0.2, 0) is 4.74 Å². The second-order valence-electron chi connectivity index (χ2n) is 7.55. The van der Waals surface area contributed by atoms with Gasteiger partial charge in [0.05, 0.1) is 24.5 Å². The zero-order valence-corrected chi connectivity index (χ0v) is 17.7. The van der Waals surface area contributed by atoms with Crippen LogP contribution in [0.4, 0.5) is 11.6 Å². The summed E-state index contributed by atoms with van der Waals surface area (Å²) in [6, 6.07) is 17.3. The number of hydrogen-bond acceptors (Lipinski definition) is 10. The minimum absolute atomic E-state index is 0.0688. The number of rotatable bonds is 6. The first-order valence-corrected chi connectivity index (χ1v) is 10.6. The lowest BCUT2D eigenvalue weighted by atomic mass is 10.1. The van der Waals surface area contributed by atoms with Gasteiger partial charge in [0.1, 0.15) is 17.9 Å². The zero-order valence-electron chi connectivity index (χ0n) is 17.7. The summed E-state index contributed by atoms with van der Waals surface area (Å²) < 4.78 is 11.4. The summed E-state index contributed by atoms with van der Waals surface area (Å²) in [7, 11) is 0. The standard InChI is InChI=1S/C23H22N8O2/c24-14-17-12-15(4-5-21(17)33-19-7-10-32-11-8-19)20-6-9-25-23(27-20)26-18-3-1-2-16(13-18)22-28-30-31-29-22/h1-6,9,12-13,19,30-31H,7-8,10-11H2,(H,28,29)(H,25,26,27). The van der Waals surface area contributed by atoms with Crippen LogP contribution < -0.4 is 26.5 Å². The van der Waals surface area contributed by atoms with Crippen molar-refractivity contribution in [3.63, 3.8) is 0 Å². The van der Waals surface area contributed by atoms with Gasteiger partial charge in [-0.15, -0.1) is 10.6 Å². The van der Waals surface area contributed by atoms with Crippen LogP contribution in [0.15, 0.2) is 59.8 Å².